The Kier molecular flexibility index (Phi) is 4.75. The van der Waals surface area contributed by atoms with Crippen LogP contribution in [0.15, 0.2) is 58.0 Å². The molecule has 4 rings (SSSR count). The van der Waals surface area contributed by atoms with Crippen LogP contribution in [0.5, 0.6) is 5.75 Å². The number of hydrogen-bond acceptors (Lipinski definition) is 5. The molecule has 0 aliphatic rings. The molecule has 1 N–H and O–H groups in total. The minimum Gasteiger partial charge on any atom is -0.490 e. The molecule has 0 fully saturated rings. The maximum absolute atomic E-state index is 12.7. The van der Waals surface area contributed by atoms with Crippen LogP contribution in [0.25, 0.3) is 22.1 Å². The molecule has 2 heterocycles. The molecule has 0 saturated carbocycles. The van der Waals surface area contributed by atoms with E-state index < -0.39 is 11.5 Å². The van der Waals surface area contributed by atoms with Crippen molar-refractivity contribution in [3.63, 3.8) is 0 Å². The number of nitrogens with zero attached hydrogens (tertiary/aromatic N) is 2. The number of benzene rings is 2. The monoisotopic (exact) mass is 397 g/mol. The fourth-order valence-corrected chi connectivity index (χ4v) is 3.20. The first-order valence-electron chi connectivity index (χ1n) is 8.66. The lowest BCUT2D eigenvalue weighted by Crippen LogP contribution is -2.27. The zero-order chi connectivity index (χ0) is 19.7. The Balaban J connectivity index is 1.63. The van der Waals surface area contributed by atoms with E-state index in [1.807, 2.05) is 25.1 Å². The quantitative estimate of drug-likeness (QED) is 0.553. The summed E-state index contributed by atoms with van der Waals surface area (Å²) in [5.41, 5.74) is 1.18. The molecule has 28 heavy (non-hydrogen) atoms. The minimum atomic E-state index is -0.424. The standard InChI is InChI=1S/C20H16ClN3O4/c1-2-27-18-13(21)7-5-8-14(18)23-16(25)10-24-11-22-17-12-6-3-4-9-15(12)28-19(17)20(24)26/h3-9,11H,2,10H2,1H3,(H,23,25). The Labute approximate surface area is 164 Å². The topological polar surface area (TPSA) is 86.4 Å². The minimum absolute atomic E-state index is 0.120. The van der Waals surface area contributed by atoms with Crippen LogP contribution in [0.1, 0.15) is 6.92 Å². The van der Waals surface area contributed by atoms with Crippen LogP contribution >= 0.6 is 11.6 Å². The van der Waals surface area contributed by atoms with Gasteiger partial charge < -0.3 is 14.5 Å². The molecule has 0 aliphatic carbocycles. The second-order valence-electron chi connectivity index (χ2n) is 6.05. The van der Waals surface area contributed by atoms with Crippen molar-refractivity contribution in [3.05, 3.63) is 64.2 Å². The van der Waals surface area contributed by atoms with Crippen molar-refractivity contribution in [2.45, 2.75) is 13.5 Å². The average molecular weight is 398 g/mol. The lowest BCUT2D eigenvalue weighted by atomic mass is 10.2. The molecule has 0 aliphatic heterocycles. The molecule has 0 atom stereocenters. The van der Waals surface area contributed by atoms with E-state index in [2.05, 4.69) is 10.3 Å². The molecule has 1 amide bonds. The second kappa shape index (κ2) is 7.36. The number of nitrogens with one attached hydrogen (secondary N) is 1. The Morgan fingerprint density at radius 3 is 2.89 bits per heavy atom. The van der Waals surface area contributed by atoms with Crippen LogP contribution in [0.3, 0.4) is 0 Å². The number of hydrogen-bond donors (Lipinski definition) is 1. The lowest BCUT2D eigenvalue weighted by molar-refractivity contribution is -0.116. The van der Waals surface area contributed by atoms with E-state index >= 15 is 0 Å². The molecule has 2 aromatic carbocycles. The van der Waals surface area contributed by atoms with Gasteiger partial charge >= 0.3 is 0 Å². The number of amides is 1. The van der Waals surface area contributed by atoms with E-state index in [-0.39, 0.29) is 12.1 Å². The highest BCUT2D eigenvalue weighted by Gasteiger charge is 2.16. The fourth-order valence-electron chi connectivity index (χ4n) is 2.97. The Morgan fingerprint density at radius 1 is 1.25 bits per heavy atom. The number of aromatic nitrogens is 2. The molecule has 0 saturated heterocycles. The van der Waals surface area contributed by atoms with E-state index in [1.165, 1.54) is 10.9 Å². The number of carbonyl (C=O) groups excluding carboxylic acids is 1. The van der Waals surface area contributed by atoms with Crippen LogP contribution < -0.4 is 15.6 Å². The summed E-state index contributed by atoms with van der Waals surface area (Å²) in [6.07, 6.45) is 1.34. The van der Waals surface area contributed by atoms with E-state index in [0.29, 0.717) is 34.2 Å². The normalized spacial score (nSPS) is 11.1. The van der Waals surface area contributed by atoms with Gasteiger partial charge in [0.15, 0.2) is 5.75 Å². The highest BCUT2D eigenvalue weighted by molar-refractivity contribution is 6.32. The number of rotatable bonds is 5. The van der Waals surface area contributed by atoms with E-state index in [9.17, 15) is 9.59 Å². The zero-order valence-electron chi connectivity index (χ0n) is 14.9. The van der Waals surface area contributed by atoms with Crippen LogP contribution in [0, 0.1) is 0 Å². The van der Waals surface area contributed by atoms with E-state index in [4.69, 9.17) is 20.8 Å². The first kappa shape index (κ1) is 18.1. The highest BCUT2D eigenvalue weighted by atomic mass is 35.5. The third-order valence-corrected chi connectivity index (χ3v) is 4.49. The smallest absolute Gasteiger partial charge is 0.297 e. The second-order valence-corrected chi connectivity index (χ2v) is 6.46. The van der Waals surface area contributed by atoms with Gasteiger partial charge in [-0.15, -0.1) is 0 Å². The number of anilines is 1. The maximum atomic E-state index is 12.7. The van der Waals surface area contributed by atoms with Gasteiger partial charge in [-0.1, -0.05) is 29.8 Å². The van der Waals surface area contributed by atoms with Crippen LogP contribution in [-0.2, 0) is 11.3 Å². The van der Waals surface area contributed by atoms with Crippen LogP contribution in [0.2, 0.25) is 5.02 Å². The largest absolute Gasteiger partial charge is 0.490 e. The van der Waals surface area contributed by atoms with Gasteiger partial charge in [0.25, 0.3) is 5.56 Å². The molecule has 8 heteroatoms. The Hall–Kier alpha value is -3.32. The number of para-hydroxylation sites is 2. The molecular weight excluding hydrogens is 382 g/mol. The molecule has 0 bridgehead atoms. The number of furan rings is 1. The van der Waals surface area contributed by atoms with Crippen LogP contribution in [-0.4, -0.2) is 22.1 Å². The summed E-state index contributed by atoms with van der Waals surface area (Å²) >= 11 is 6.13. The van der Waals surface area contributed by atoms with Crippen molar-refractivity contribution >= 4 is 45.3 Å². The van der Waals surface area contributed by atoms with Crippen molar-refractivity contribution in [2.24, 2.45) is 0 Å². The summed E-state index contributed by atoms with van der Waals surface area (Å²) in [5, 5.41) is 3.87. The zero-order valence-corrected chi connectivity index (χ0v) is 15.7. The number of carbonyl (C=O) groups is 1. The van der Waals surface area contributed by atoms with Gasteiger partial charge in [0.2, 0.25) is 11.5 Å². The van der Waals surface area contributed by atoms with Crippen LogP contribution in [0.4, 0.5) is 5.69 Å². The number of fused-ring (bicyclic) bond motifs is 3. The fraction of sp³-hybridized carbons (Fsp3) is 0.150. The maximum Gasteiger partial charge on any atom is 0.297 e. The molecule has 4 aromatic rings. The third-order valence-electron chi connectivity index (χ3n) is 4.19. The van der Waals surface area contributed by atoms with Crippen molar-refractivity contribution in [2.75, 3.05) is 11.9 Å². The van der Waals surface area contributed by atoms with Gasteiger partial charge in [-0.25, -0.2) is 4.98 Å². The summed E-state index contributed by atoms with van der Waals surface area (Å²) in [6.45, 7) is 2.00. The van der Waals surface area contributed by atoms with E-state index in [0.717, 1.165) is 5.39 Å². The van der Waals surface area contributed by atoms with Gasteiger partial charge in [0.1, 0.15) is 17.6 Å². The average Bonchev–Trinajstić information content (AvgIpc) is 3.06. The van der Waals surface area contributed by atoms with Crippen molar-refractivity contribution in [1.82, 2.24) is 9.55 Å². The summed E-state index contributed by atoms with van der Waals surface area (Å²) in [5.74, 6) is -0.0270. The highest BCUT2D eigenvalue weighted by Crippen LogP contribution is 2.32. The van der Waals surface area contributed by atoms with Gasteiger partial charge in [0.05, 0.1) is 23.6 Å². The SMILES string of the molecule is CCOc1c(Cl)cccc1NC(=O)Cn1cnc2c(oc3ccccc32)c1=O. The van der Waals surface area contributed by atoms with Gasteiger partial charge in [0, 0.05) is 5.39 Å². The van der Waals surface area contributed by atoms with E-state index in [1.54, 1.807) is 24.3 Å². The molecule has 7 nitrogen and oxygen atoms in total. The summed E-state index contributed by atoms with van der Waals surface area (Å²) in [7, 11) is 0. The number of halogens is 1. The molecule has 0 unspecified atom stereocenters. The number of ether oxygens (including phenoxy) is 1. The third kappa shape index (κ3) is 3.20. The van der Waals surface area contributed by atoms with Gasteiger partial charge in [-0.05, 0) is 31.2 Å². The lowest BCUT2D eigenvalue weighted by Gasteiger charge is -2.13. The Morgan fingerprint density at radius 2 is 2.07 bits per heavy atom. The first-order valence-corrected chi connectivity index (χ1v) is 9.04. The molecule has 2 aromatic heterocycles. The summed E-state index contributed by atoms with van der Waals surface area (Å²) in [4.78, 5) is 29.5. The molecule has 0 radical (unpaired) electrons. The summed E-state index contributed by atoms with van der Waals surface area (Å²) in [6, 6.07) is 12.3. The van der Waals surface area contributed by atoms with Gasteiger partial charge in [-0.3, -0.25) is 14.2 Å². The predicted molar refractivity (Wildman–Crippen MR) is 107 cm³/mol. The Bertz CT molecular complexity index is 1250. The van der Waals surface area contributed by atoms with Crippen molar-refractivity contribution < 1.29 is 13.9 Å². The van der Waals surface area contributed by atoms with Crippen molar-refractivity contribution in [3.8, 4) is 5.75 Å². The molecule has 142 valence electrons. The molecule has 0 spiro atoms. The van der Waals surface area contributed by atoms with Crippen molar-refractivity contribution in [1.29, 1.82) is 0 Å². The van der Waals surface area contributed by atoms with Gasteiger partial charge in [-0.2, -0.15) is 0 Å². The summed E-state index contributed by atoms with van der Waals surface area (Å²) < 4.78 is 12.3. The predicted octanol–water partition coefficient (Wildman–Crippen LogP) is 3.83. The first-order chi connectivity index (χ1) is 13.6. The molecular formula is C20H16ClN3O4.